The van der Waals surface area contributed by atoms with Crippen molar-refractivity contribution < 1.29 is 14.6 Å². The van der Waals surface area contributed by atoms with Crippen LogP contribution in [0.2, 0.25) is 0 Å². The monoisotopic (exact) mass is 320 g/mol. The van der Waals surface area contributed by atoms with Crippen LogP contribution in [0, 0.1) is 0 Å². The zero-order chi connectivity index (χ0) is 16.5. The maximum atomic E-state index is 9.63. The number of aliphatic hydroxyl groups excluding tert-OH is 2. The molecule has 0 saturated heterocycles. The molecule has 5 nitrogen and oxygen atoms in total. The first-order chi connectivity index (χ1) is 11.8. The number of furan rings is 1. The van der Waals surface area contributed by atoms with Crippen molar-refractivity contribution in [2.24, 2.45) is 0 Å². The second-order valence-corrected chi connectivity index (χ2v) is 5.48. The number of hydrogen-bond donors (Lipinski definition) is 2. The Morgan fingerprint density at radius 1 is 0.917 bits per heavy atom. The number of pyridine rings is 1. The van der Waals surface area contributed by atoms with Gasteiger partial charge in [-0.3, -0.25) is 4.40 Å². The largest absolute Gasteiger partial charge is 0.455 e. The Morgan fingerprint density at radius 2 is 1.75 bits per heavy atom. The first-order valence-electron chi connectivity index (χ1n) is 7.68. The molecule has 0 amide bonds. The Balaban J connectivity index is 1.97. The van der Waals surface area contributed by atoms with Crippen molar-refractivity contribution in [1.29, 1.82) is 0 Å². The zero-order valence-corrected chi connectivity index (χ0v) is 12.9. The summed E-state index contributed by atoms with van der Waals surface area (Å²) in [4.78, 5) is 4.76. The molecule has 0 radical (unpaired) electrons. The van der Waals surface area contributed by atoms with Gasteiger partial charge in [0.15, 0.2) is 11.6 Å². The summed E-state index contributed by atoms with van der Waals surface area (Å²) in [5.74, 6) is 1.75. The molecule has 0 atom stereocenters. The summed E-state index contributed by atoms with van der Waals surface area (Å²) >= 11 is 0. The van der Waals surface area contributed by atoms with Gasteiger partial charge in [0.1, 0.15) is 12.4 Å². The molecule has 120 valence electrons. The number of benzene rings is 1. The highest BCUT2D eigenvalue weighted by atomic mass is 16.4. The maximum Gasteiger partial charge on any atom is 0.181 e. The summed E-state index contributed by atoms with van der Waals surface area (Å²) in [6.45, 7) is -0.198. The topological polar surface area (TPSA) is 70.9 Å². The van der Waals surface area contributed by atoms with Gasteiger partial charge in [-0.05, 0) is 29.8 Å². The van der Waals surface area contributed by atoms with Gasteiger partial charge in [-0.2, -0.15) is 0 Å². The normalized spacial score (nSPS) is 11.2. The van der Waals surface area contributed by atoms with Crippen molar-refractivity contribution in [2.45, 2.75) is 13.2 Å². The molecule has 0 aliphatic rings. The lowest BCUT2D eigenvalue weighted by molar-refractivity contribution is 0.248. The van der Waals surface area contributed by atoms with Crippen LogP contribution in [-0.2, 0) is 13.2 Å². The van der Waals surface area contributed by atoms with Crippen LogP contribution < -0.4 is 0 Å². The quantitative estimate of drug-likeness (QED) is 0.605. The lowest BCUT2D eigenvalue weighted by Gasteiger charge is -2.04. The molecule has 1 aromatic carbocycles. The van der Waals surface area contributed by atoms with Crippen molar-refractivity contribution >= 4 is 5.52 Å². The van der Waals surface area contributed by atoms with Crippen LogP contribution in [0.5, 0.6) is 0 Å². The Bertz CT molecular complexity index is 1000. The fraction of sp³-hybridized carbons (Fsp3) is 0.105. The Hall–Kier alpha value is -2.89. The van der Waals surface area contributed by atoms with Crippen LogP contribution in [0.3, 0.4) is 0 Å². The second-order valence-electron chi connectivity index (χ2n) is 5.48. The van der Waals surface area contributed by atoms with E-state index in [2.05, 4.69) is 0 Å². The minimum Gasteiger partial charge on any atom is -0.455 e. The van der Waals surface area contributed by atoms with Crippen molar-refractivity contribution in [3.8, 4) is 22.8 Å². The number of nitrogens with zero attached hydrogens (tertiary/aromatic N) is 2. The van der Waals surface area contributed by atoms with Gasteiger partial charge in [0, 0.05) is 11.8 Å². The molecule has 0 saturated carbocycles. The Morgan fingerprint density at radius 3 is 2.54 bits per heavy atom. The zero-order valence-electron chi connectivity index (χ0n) is 12.9. The van der Waals surface area contributed by atoms with E-state index < -0.39 is 0 Å². The molecule has 4 aromatic rings. The predicted octanol–water partition coefficient (Wildman–Crippen LogP) is 3.25. The summed E-state index contributed by atoms with van der Waals surface area (Å²) < 4.78 is 7.60. The average Bonchev–Trinajstić information content (AvgIpc) is 3.26. The lowest BCUT2D eigenvalue weighted by atomic mass is 10.0. The number of hydrogen-bond acceptors (Lipinski definition) is 4. The van der Waals surface area contributed by atoms with Crippen molar-refractivity contribution in [3.05, 3.63) is 72.1 Å². The molecule has 4 rings (SSSR count). The molecule has 3 aromatic heterocycles. The molecular formula is C19H16N2O3. The van der Waals surface area contributed by atoms with E-state index in [1.54, 1.807) is 12.1 Å². The van der Waals surface area contributed by atoms with Crippen molar-refractivity contribution in [3.63, 3.8) is 0 Å². The SMILES string of the molecule is OCc1ccc(-c2nc(-c3ccccc3CO)c3ccccn23)o1. The summed E-state index contributed by atoms with van der Waals surface area (Å²) in [7, 11) is 0. The van der Waals surface area contributed by atoms with Gasteiger partial charge in [0.25, 0.3) is 0 Å². The number of aromatic nitrogens is 2. The van der Waals surface area contributed by atoms with Crippen LogP contribution in [-0.4, -0.2) is 19.6 Å². The number of aliphatic hydroxyl groups is 2. The minimum absolute atomic E-state index is 0.0488. The number of fused-ring (bicyclic) bond motifs is 1. The summed E-state index contributed by atoms with van der Waals surface area (Å²) in [5.41, 5.74) is 3.43. The van der Waals surface area contributed by atoms with E-state index in [-0.39, 0.29) is 13.2 Å². The predicted molar refractivity (Wildman–Crippen MR) is 90.2 cm³/mol. The highest BCUT2D eigenvalue weighted by molar-refractivity contribution is 5.82. The molecule has 3 heterocycles. The third-order valence-corrected chi connectivity index (χ3v) is 4.03. The fourth-order valence-electron chi connectivity index (χ4n) is 2.88. The molecule has 0 bridgehead atoms. The third-order valence-electron chi connectivity index (χ3n) is 4.03. The van der Waals surface area contributed by atoms with Gasteiger partial charge in [-0.1, -0.05) is 30.3 Å². The van der Waals surface area contributed by atoms with E-state index in [4.69, 9.17) is 9.40 Å². The van der Waals surface area contributed by atoms with Gasteiger partial charge in [-0.25, -0.2) is 4.98 Å². The molecule has 0 fully saturated rings. The first kappa shape index (κ1) is 14.7. The molecule has 2 N–H and O–H groups in total. The minimum atomic E-state index is -0.149. The maximum absolute atomic E-state index is 9.63. The van der Waals surface area contributed by atoms with Gasteiger partial charge in [0.05, 0.1) is 17.8 Å². The summed E-state index contributed by atoms with van der Waals surface area (Å²) in [6, 6.07) is 17.1. The summed E-state index contributed by atoms with van der Waals surface area (Å²) in [6.07, 6.45) is 1.92. The highest BCUT2D eigenvalue weighted by Crippen LogP contribution is 2.32. The van der Waals surface area contributed by atoms with Gasteiger partial charge < -0.3 is 14.6 Å². The second kappa shape index (κ2) is 5.96. The van der Waals surface area contributed by atoms with Gasteiger partial charge in [0.2, 0.25) is 0 Å². The molecule has 24 heavy (non-hydrogen) atoms. The van der Waals surface area contributed by atoms with E-state index in [1.807, 2.05) is 53.1 Å². The highest BCUT2D eigenvalue weighted by Gasteiger charge is 2.18. The first-order valence-corrected chi connectivity index (χ1v) is 7.68. The smallest absolute Gasteiger partial charge is 0.181 e. The van der Waals surface area contributed by atoms with E-state index in [0.29, 0.717) is 17.3 Å². The molecule has 0 aliphatic heterocycles. The van der Waals surface area contributed by atoms with E-state index >= 15 is 0 Å². The van der Waals surface area contributed by atoms with Gasteiger partial charge in [-0.15, -0.1) is 0 Å². The van der Waals surface area contributed by atoms with E-state index in [1.165, 1.54) is 0 Å². The van der Waals surface area contributed by atoms with Crippen molar-refractivity contribution in [1.82, 2.24) is 9.38 Å². The Kier molecular flexibility index (Phi) is 3.65. The van der Waals surface area contributed by atoms with Crippen LogP contribution in [0.25, 0.3) is 28.4 Å². The van der Waals surface area contributed by atoms with Crippen LogP contribution in [0.15, 0.2) is 65.2 Å². The van der Waals surface area contributed by atoms with E-state index in [0.717, 1.165) is 22.3 Å². The summed E-state index contributed by atoms with van der Waals surface area (Å²) in [5, 5.41) is 18.8. The van der Waals surface area contributed by atoms with Crippen molar-refractivity contribution in [2.75, 3.05) is 0 Å². The molecule has 0 spiro atoms. The standard InChI is InChI=1S/C19H16N2O3/c22-11-13-5-1-2-6-15(13)18-16-7-3-4-10-21(16)19(20-18)17-9-8-14(12-23)24-17/h1-10,22-23H,11-12H2. The van der Waals surface area contributed by atoms with Gasteiger partial charge >= 0.3 is 0 Å². The average molecular weight is 320 g/mol. The molecular weight excluding hydrogens is 304 g/mol. The Labute approximate surface area is 138 Å². The lowest BCUT2D eigenvalue weighted by Crippen LogP contribution is -1.89. The van der Waals surface area contributed by atoms with E-state index in [9.17, 15) is 10.2 Å². The fourth-order valence-corrected chi connectivity index (χ4v) is 2.88. The number of rotatable bonds is 4. The number of imidazole rings is 1. The van der Waals surface area contributed by atoms with Crippen LogP contribution in [0.1, 0.15) is 11.3 Å². The molecule has 0 unspecified atom stereocenters. The third kappa shape index (κ3) is 2.31. The van der Waals surface area contributed by atoms with Crippen LogP contribution in [0.4, 0.5) is 0 Å². The molecule has 0 aliphatic carbocycles. The van der Waals surface area contributed by atoms with Crippen LogP contribution >= 0.6 is 0 Å². The molecule has 5 heteroatoms.